The van der Waals surface area contributed by atoms with E-state index < -0.39 is 87.7 Å². The van der Waals surface area contributed by atoms with Crippen molar-refractivity contribution in [2.45, 2.75) is 106 Å². The summed E-state index contributed by atoms with van der Waals surface area (Å²) in [6.07, 6.45) is -2.23. The zero-order valence-electron chi connectivity index (χ0n) is 27.4. The highest BCUT2D eigenvalue weighted by atomic mass is 32.2. The number of hydrogen-bond acceptors (Lipinski definition) is 9. The average Bonchev–Trinajstić information content (AvgIpc) is 3.95. The highest BCUT2D eigenvalue weighted by molar-refractivity contribution is 7.91. The van der Waals surface area contributed by atoms with E-state index in [9.17, 15) is 41.2 Å². The smallest absolute Gasteiger partial charge is 0.410 e. The summed E-state index contributed by atoms with van der Waals surface area (Å²) in [7, 11) is -3.97. The second-order valence-corrected chi connectivity index (χ2v) is 15.6. The highest BCUT2D eigenvalue weighted by Gasteiger charge is 2.62. The van der Waals surface area contributed by atoms with Crippen LogP contribution in [-0.4, -0.2) is 96.7 Å². The topological polar surface area (TPSA) is 181 Å². The lowest BCUT2D eigenvalue weighted by atomic mass is 9.99. The van der Waals surface area contributed by atoms with Gasteiger partial charge in [0, 0.05) is 31.8 Å². The molecular weight excluding hydrogens is 680 g/mol. The number of cyclic esters (lactones) is 1. The summed E-state index contributed by atoms with van der Waals surface area (Å²) in [4.78, 5) is 69.6. The molecular formula is C33H41F2N5O9S. The monoisotopic (exact) mass is 721 g/mol. The second kappa shape index (κ2) is 14.2. The first kappa shape index (κ1) is 35.5. The van der Waals surface area contributed by atoms with Gasteiger partial charge in [-0.05, 0) is 61.6 Å². The Morgan fingerprint density at radius 3 is 2.58 bits per heavy atom. The summed E-state index contributed by atoms with van der Waals surface area (Å²) >= 11 is 0. The molecule has 4 bridgehead atoms. The summed E-state index contributed by atoms with van der Waals surface area (Å²) in [5, 5.41) is 4.09. The van der Waals surface area contributed by atoms with Gasteiger partial charge in [0.2, 0.25) is 28.3 Å². The van der Waals surface area contributed by atoms with E-state index in [-0.39, 0.29) is 26.0 Å². The molecule has 3 fully saturated rings. The molecule has 0 spiro atoms. The van der Waals surface area contributed by atoms with Gasteiger partial charge in [0.15, 0.2) is 0 Å². The Morgan fingerprint density at radius 2 is 1.88 bits per heavy atom. The number of sulfonamides is 1. The number of carbonyl (C=O) groups is 5. The third-order valence-electron chi connectivity index (χ3n) is 10.0. The van der Waals surface area contributed by atoms with Crippen LogP contribution in [0.4, 0.5) is 18.4 Å². The molecule has 272 valence electrons. The Hall–Kier alpha value is -4.28. The summed E-state index contributed by atoms with van der Waals surface area (Å²) in [6.45, 7) is 3.89. The van der Waals surface area contributed by atoms with Crippen LogP contribution < -0.4 is 15.4 Å². The molecule has 1 saturated heterocycles. The summed E-state index contributed by atoms with van der Waals surface area (Å²) in [6, 6.07) is 2.63. The number of nitrogens with zero attached hydrogens (tertiary/aromatic N) is 2. The molecule has 1 aromatic carbocycles. The van der Waals surface area contributed by atoms with Crippen LogP contribution >= 0.6 is 0 Å². The quantitative estimate of drug-likeness (QED) is 0.340. The number of nitrogens with one attached hydrogen (secondary N) is 3. The second-order valence-electron chi connectivity index (χ2n) is 13.6. The van der Waals surface area contributed by atoms with Crippen molar-refractivity contribution in [2.24, 2.45) is 5.92 Å². The van der Waals surface area contributed by atoms with Crippen LogP contribution in [0.2, 0.25) is 0 Å². The molecule has 0 aromatic heterocycles. The summed E-state index contributed by atoms with van der Waals surface area (Å²) < 4.78 is 65.6. The van der Waals surface area contributed by atoms with Gasteiger partial charge >= 0.3 is 12.2 Å². The minimum atomic E-state index is -3.97. The standard InChI is InChI=1S/C33H41F2N5O9S/c1-2-21-15-33(21,30(43)38-50(46,47)23-10-11-23)37-28(41)26-13-22-17-40(26)29(42)25(14-27(34)35)36-31(44)48-12-5-3-4-7-19-8-6-9-20-16-39(18-24(19)20)32(45)49-22/h2,6,8-9,21-23,25-27H,1,3-5,7,10-18H2,(H,36,44)(H,37,41)(H,38,43). The van der Waals surface area contributed by atoms with Gasteiger partial charge in [0.05, 0.1) is 18.4 Å². The number of alkyl halides is 2. The van der Waals surface area contributed by atoms with Crippen molar-refractivity contribution >= 4 is 39.9 Å². The van der Waals surface area contributed by atoms with Crippen molar-refractivity contribution in [3.05, 3.63) is 47.5 Å². The van der Waals surface area contributed by atoms with Crippen molar-refractivity contribution in [2.75, 3.05) is 13.2 Å². The molecule has 3 heterocycles. The fourth-order valence-electron chi connectivity index (χ4n) is 7.01. The van der Waals surface area contributed by atoms with Crippen molar-refractivity contribution in [1.29, 1.82) is 0 Å². The first-order valence-electron chi connectivity index (χ1n) is 16.9. The normalized spacial score (nSPS) is 28.8. The van der Waals surface area contributed by atoms with Crippen LogP contribution in [-0.2, 0) is 53.4 Å². The third kappa shape index (κ3) is 7.56. The molecule has 5 unspecified atom stereocenters. The molecule has 0 radical (unpaired) electrons. The van der Waals surface area contributed by atoms with Crippen molar-refractivity contribution in [3.63, 3.8) is 0 Å². The first-order valence-corrected chi connectivity index (χ1v) is 18.4. The molecule has 50 heavy (non-hydrogen) atoms. The minimum Gasteiger partial charge on any atom is -0.450 e. The van der Waals surface area contributed by atoms with Gasteiger partial charge in [-0.15, -0.1) is 6.58 Å². The predicted molar refractivity (Wildman–Crippen MR) is 172 cm³/mol. The maximum Gasteiger partial charge on any atom is 0.410 e. The van der Waals surface area contributed by atoms with Gasteiger partial charge in [-0.1, -0.05) is 24.3 Å². The number of fused-ring (bicyclic) bond motifs is 3. The van der Waals surface area contributed by atoms with Gasteiger partial charge in [-0.3, -0.25) is 24.0 Å². The number of aryl methyl sites for hydroxylation is 1. The van der Waals surface area contributed by atoms with E-state index >= 15 is 0 Å². The van der Waals surface area contributed by atoms with Gasteiger partial charge in [-0.25, -0.2) is 26.8 Å². The van der Waals surface area contributed by atoms with E-state index in [0.29, 0.717) is 38.8 Å². The van der Waals surface area contributed by atoms with Crippen molar-refractivity contribution < 1.29 is 50.6 Å². The maximum atomic E-state index is 13.9. The largest absolute Gasteiger partial charge is 0.450 e. The molecule has 5 aliphatic rings. The number of halogens is 2. The highest BCUT2D eigenvalue weighted by Crippen LogP contribution is 2.45. The van der Waals surface area contributed by atoms with E-state index in [1.54, 1.807) is 0 Å². The fourth-order valence-corrected chi connectivity index (χ4v) is 8.37. The summed E-state index contributed by atoms with van der Waals surface area (Å²) in [5.41, 5.74) is 1.39. The fraction of sp³-hybridized carbons (Fsp3) is 0.606. The Balaban J connectivity index is 1.25. The Labute approximate surface area is 288 Å². The zero-order valence-corrected chi connectivity index (χ0v) is 28.2. The van der Waals surface area contributed by atoms with Gasteiger partial charge in [0.25, 0.3) is 5.91 Å². The van der Waals surface area contributed by atoms with Gasteiger partial charge in [-0.2, -0.15) is 0 Å². The van der Waals surface area contributed by atoms with Crippen LogP contribution in [0.15, 0.2) is 30.9 Å². The molecule has 3 aliphatic heterocycles. The Bertz CT molecular complexity index is 1670. The minimum absolute atomic E-state index is 0.00760. The summed E-state index contributed by atoms with van der Waals surface area (Å²) in [5.74, 6) is -3.51. The molecule has 2 aliphatic carbocycles. The number of rotatable bonds is 8. The number of amides is 5. The van der Waals surface area contributed by atoms with Crippen LogP contribution in [0.3, 0.4) is 0 Å². The van der Waals surface area contributed by atoms with Gasteiger partial charge in [0.1, 0.15) is 23.7 Å². The lowest BCUT2D eigenvalue weighted by Gasteiger charge is -2.29. The molecule has 6 rings (SSSR count). The first-order chi connectivity index (χ1) is 23.8. The van der Waals surface area contributed by atoms with E-state index in [0.717, 1.165) is 34.4 Å². The van der Waals surface area contributed by atoms with E-state index in [4.69, 9.17) is 9.47 Å². The Kier molecular flexibility index (Phi) is 10.1. The van der Waals surface area contributed by atoms with Crippen LogP contribution in [0.25, 0.3) is 0 Å². The molecule has 2 saturated carbocycles. The van der Waals surface area contributed by atoms with Gasteiger partial charge < -0.3 is 25.0 Å². The molecule has 5 atom stereocenters. The van der Waals surface area contributed by atoms with Crippen molar-refractivity contribution in [1.82, 2.24) is 25.2 Å². The van der Waals surface area contributed by atoms with E-state index in [1.807, 2.05) is 22.9 Å². The predicted octanol–water partition coefficient (Wildman–Crippen LogP) is 2.25. The lowest BCUT2D eigenvalue weighted by Crippen LogP contribution is -2.58. The zero-order chi connectivity index (χ0) is 35.8. The molecule has 1 aromatic rings. The molecule has 5 amide bonds. The molecule has 17 heteroatoms. The van der Waals surface area contributed by atoms with Crippen molar-refractivity contribution in [3.8, 4) is 0 Å². The Morgan fingerprint density at radius 1 is 1.12 bits per heavy atom. The number of ether oxygens (including phenoxy) is 2. The van der Waals surface area contributed by atoms with Crippen LogP contribution in [0.1, 0.15) is 68.1 Å². The SMILES string of the molecule is C=CC1CC1(NC(=O)C1CC2CN1C(=O)C(CC(F)F)NC(=O)OCCCCCc1cccc3c1CN(C3)C(=O)O2)C(=O)NS(=O)(=O)C1CC1. The molecule has 14 nitrogen and oxygen atoms in total. The molecule has 3 N–H and O–H groups in total. The number of alkyl carbamates (subject to hydrolysis) is 1. The lowest BCUT2D eigenvalue weighted by molar-refractivity contribution is -0.141. The average molecular weight is 722 g/mol. The number of hydrogen-bond donors (Lipinski definition) is 3. The maximum absolute atomic E-state index is 13.9. The third-order valence-corrected chi connectivity index (χ3v) is 11.8. The van der Waals surface area contributed by atoms with E-state index in [1.165, 1.54) is 11.0 Å². The number of carbonyl (C=O) groups excluding carboxylic acids is 5. The number of benzene rings is 1. The van der Waals surface area contributed by atoms with Crippen LogP contribution in [0, 0.1) is 5.92 Å². The van der Waals surface area contributed by atoms with Crippen LogP contribution in [0.5, 0.6) is 0 Å². The van der Waals surface area contributed by atoms with E-state index in [2.05, 4.69) is 17.2 Å².